The molecule has 3 nitrogen and oxygen atoms in total. The molecule has 0 saturated heterocycles. The zero-order chi connectivity index (χ0) is 20.2. The maximum Gasteiger partial charge on any atom is 0.123 e. The van der Waals surface area contributed by atoms with Crippen molar-refractivity contribution in [1.29, 1.82) is 10.5 Å². The van der Waals surface area contributed by atoms with Crippen molar-refractivity contribution < 1.29 is 4.39 Å². The molecule has 0 aliphatic rings. The average molecular weight is 377 g/mol. The lowest BCUT2D eigenvalue weighted by molar-refractivity contribution is 0.626. The number of fused-ring (bicyclic) bond motifs is 1. The molecule has 4 heteroatoms. The number of nitriles is 2. The summed E-state index contributed by atoms with van der Waals surface area (Å²) in [5.41, 5.74) is 4.66. The number of halogens is 1. The highest BCUT2D eigenvalue weighted by atomic mass is 19.1. The van der Waals surface area contributed by atoms with Gasteiger partial charge in [0.15, 0.2) is 0 Å². The van der Waals surface area contributed by atoms with Crippen LogP contribution in [0.4, 0.5) is 4.39 Å². The minimum atomic E-state index is -0.256. The molecule has 1 aromatic heterocycles. The lowest BCUT2D eigenvalue weighted by Crippen LogP contribution is -1.97. The maximum absolute atomic E-state index is 13.2. The molecule has 0 aliphatic carbocycles. The van der Waals surface area contributed by atoms with E-state index < -0.39 is 0 Å². The molecule has 0 radical (unpaired) electrons. The van der Waals surface area contributed by atoms with Crippen LogP contribution < -0.4 is 0 Å². The largest absolute Gasteiger partial charge is 0.342 e. The third kappa shape index (κ3) is 3.78. The van der Waals surface area contributed by atoms with Gasteiger partial charge in [-0.3, -0.25) is 0 Å². The van der Waals surface area contributed by atoms with Crippen LogP contribution in [0.1, 0.15) is 22.3 Å². The van der Waals surface area contributed by atoms with Gasteiger partial charge in [0.25, 0.3) is 0 Å². The standard InChI is InChI=1S/C25H16FN3/c26-23-10-8-18(9-11-23)16-29-17-22(24-6-1-2-7-25(24)29)13-21(15-28)20-5-3-4-19(12-20)14-27/h1-13,17H,16H2/b21-13+. The molecule has 29 heavy (non-hydrogen) atoms. The second-order valence-corrected chi connectivity index (χ2v) is 6.72. The van der Waals surface area contributed by atoms with Crippen LogP contribution in [0.3, 0.4) is 0 Å². The molecular formula is C25H16FN3. The first-order chi connectivity index (χ1) is 14.2. The Hall–Kier alpha value is -4.15. The van der Waals surface area contributed by atoms with Gasteiger partial charge >= 0.3 is 0 Å². The minimum Gasteiger partial charge on any atom is -0.342 e. The van der Waals surface area contributed by atoms with E-state index in [1.807, 2.05) is 42.6 Å². The first-order valence-corrected chi connectivity index (χ1v) is 9.12. The van der Waals surface area contributed by atoms with E-state index in [0.29, 0.717) is 23.2 Å². The van der Waals surface area contributed by atoms with Crippen LogP contribution >= 0.6 is 0 Å². The molecule has 0 aliphatic heterocycles. The molecule has 138 valence electrons. The van der Waals surface area contributed by atoms with Gasteiger partial charge in [-0.2, -0.15) is 10.5 Å². The van der Waals surface area contributed by atoms with Crippen LogP contribution in [0.15, 0.2) is 79.0 Å². The van der Waals surface area contributed by atoms with Crippen LogP contribution in [-0.2, 0) is 6.54 Å². The fourth-order valence-electron chi connectivity index (χ4n) is 3.40. The summed E-state index contributed by atoms with van der Waals surface area (Å²) < 4.78 is 15.3. The SMILES string of the molecule is N#C/C(=C\c1cn(Cc2ccc(F)cc2)c2ccccc12)c1cccc(C#N)c1. The Morgan fingerprint density at radius 1 is 0.966 bits per heavy atom. The number of allylic oxidation sites excluding steroid dienone is 1. The van der Waals surface area contributed by atoms with E-state index in [-0.39, 0.29) is 5.82 Å². The quantitative estimate of drug-likeness (QED) is 0.424. The van der Waals surface area contributed by atoms with Crippen LogP contribution in [0.2, 0.25) is 0 Å². The van der Waals surface area contributed by atoms with Crippen molar-refractivity contribution in [1.82, 2.24) is 4.57 Å². The molecule has 3 aromatic carbocycles. The predicted octanol–water partition coefficient (Wildman–Crippen LogP) is 5.76. The van der Waals surface area contributed by atoms with Crippen molar-refractivity contribution in [3.05, 3.63) is 107 Å². The average Bonchev–Trinajstić information content (AvgIpc) is 3.11. The minimum absolute atomic E-state index is 0.256. The number of aromatic nitrogens is 1. The molecule has 4 rings (SSSR count). The Morgan fingerprint density at radius 3 is 2.52 bits per heavy atom. The van der Waals surface area contributed by atoms with Crippen molar-refractivity contribution in [3.63, 3.8) is 0 Å². The summed E-state index contributed by atoms with van der Waals surface area (Å²) in [4.78, 5) is 0. The maximum atomic E-state index is 13.2. The third-order valence-corrected chi connectivity index (χ3v) is 4.81. The topological polar surface area (TPSA) is 52.5 Å². The van der Waals surface area contributed by atoms with Gasteiger partial charge < -0.3 is 4.57 Å². The number of para-hydroxylation sites is 1. The van der Waals surface area contributed by atoms with Crippen LogP contribution in [0, 0.1) is 28.5 Å². The van der Waals surface area contributed by atoms with Crippen molar-refractivity contribution in [2.45, 2.75) is 6.54 Å². The van der Waals surface area contributed by atoms with Crippen LogP contribution in [-0.4, -0.2) is 4.57 Å². The van der Waals surface area contributed by atoms with E-state index in [9.17, 15) is 9.65 Å². The Bertz CT molecular complexity index is 1300. The van der Waals surface area contributed by atoms with E-state index in [4.69, 9.17) is 5.26 Å². The third-order valence-electron chi connectivity index (χ3n) is 4.81. The van der Waals surface area contributed by atoms with E-state index in [0.717, 1.165) is 22.0 Å². The zero-order valence-electron chi connectivity index (χ0n) is 15.5. The number of benzene rings is 3. The first kappa shape index (κ1) is 18.2. The van der Waals surface area contributed by atoms with Gasteiger partial charge in [0.05, 0.1) is 23.3 Å². The number of nitrogens with zero attached hydrogens (tertiary/aromatic N) is 3. The molecule has 0 bridgehead atoms. The summed E-state index contributed by atoms with van der Waals surface area (Å²) in [5.74, 6) is -0.256. The Morgan fingerprint density at radius 2 is 1.76 bits per heavy atom. The van der Waals surface area contributed by atoms with E-state index in [1.165, 1.54) is 12.1 Å². The van der Waals surface area contributed by atoms with Crippen molar-refractivity contribution >= 4 is 22.6 Å². The number of rotatable bonds is 4. The van der Waals surface area contributed by atoms with Crippen molar-refractivity contribution in [2.75, 3.05) is 0 Å². The van der Waals surface area contributed by atoms with E-state index in [1.54, 1.807) is 30.3 Å². The van der Waals surface area contributed by atoms with Gasteiger partial charge in [0, 0.05) is 29.2 Å². The second kappa shape index (κ2) is 7.84. The molecule has 0 spiro atoms. The zero-order valence-corrected chi connectivity index (χ0v) is 15.5. The van der Waals surface area contributed by atoms with Crippen LogP contribution in [0.25, 0.3) is 22.6 Å². The lowest BCUT2D eigenvalue weighted by Gasteiger charge is -2.05. The Balaban J connectivity index is 1.79. The molecule has 0 saturated carbocycles. The normalized spacial score (nSPS) is 11.2. The highest BCUT2D eigenvalue weighted by Crippen LogP contribution is 2.27. The summed E-state index contributed by atoms with van der Waals surface area (Å²) in [6, 6.07) is 25.8. The Labute approximate surface area is 168 Å². The molecule has 0 atom stereocenters. The monoisotopic (exact) mass is 377 g/mol. The van der Waals surface area contributed by atoms with Crippen molar-refractivity contribution in [3.8, 4) is 12.1 Å². The van der Waals surface area contributed by atoms with Gasteiger partial charge in [-0.05, 0) is 47.5 Å². The van der Waals surface area contributed by atoms with Gasteiger partial charge in [0.1, 0.15) is 5.82 Å². The molecule has 0 fully saturated rings. The lowest BCUT2D eigenvalue weighted by atomic mass is 10.0. The fourth-order valence-corrected chi connectivity index (χ4v) is 3.40. The summed E-state index contributed by atoms with van der Waals surface area (Å²) in [6.45, 7) is 0.598. The van der Waals surface area contributed by atoms with Gasteiger partial charge in [0.2, 0.25) is 0 Å². The molecule has 0 N–H and O–H groups in total. The van der Waals surface area contributed by atoms with Crippen molar-refractivity contribution in [2.24, 2.45) is 0 Å². The molecule has 0 amide bonds. The highest BCUT2D eigenvalue weighted by molar-refractivity contribution is 5.98. The summed E-state index contributed by atoms with van der Waals surface area (Å²) in [7, 11) is 0. The summed E-state index contributed by atoms with van der Waals surface area (Å²) in [6.07, 6.45) is 3.85. The summed E-state index contributed by atoms with van der Waals surface area (Å²) >= 11 is 0. The smallest absolute Gasteiger partial charge is 0.123 e. The molecule has 0 unspecified atom stereocenters. The predicted molar refractivity (Wildman–Crippen MR) is 112 cm³/mol. The van der Waals surface area contributed by atoms with E-state index >= 15 is 0 Å². The molecular weight excluding hydrogens is 361 g/mol. The van der Waals surface area contributed by atoms with Gasteiger partial charge in [-0.1, -0.05) is 42.5 Å². The van der Waals surface area contributed by atoms with Gasteiger partial charge in [-0.15, -0.1) is 0 Å². The summed E-state index contributed by atoms with van der Waals surface area (Å²) in [5, 5.41) is 19.9. The Kier molecular flexibility index (Phi) is 4.93. The fraction of sp³-hybridized carbons (Fsp3) is 0.0400. The van der Waals surface area contributed by atoms with E-state index in [2.05, 4.69) is 16.7 Å². The molecule has 4 aromatic rings. The highest BCUT2D eigenvalue weighted by Gasteiger charge is 2.10. The van der Waals surface area contributed by atoms with Gasteiger partial charge in [-0.25, -0.2) is 4.39 Å². The first-order valence-electron chi connectivity index (χ1n) is 9.12. The number of hydrogen-bond acceptors (Lipinski definition) is 2. The van der Waals surface area contributed by atoms with Crippen LogP contribution in [0.5, 0.6) is 0 Å². The molecule has 1 heterocycles. The second-order valence-electron chi connectivity index (χ2n) is 6.72. The number of hydrogen-bond donors (Lipinski definition) is 0.